The molecule has 0 aromatic rings. The molecule has 0 spiro atoms. The van der Waals surface area contributed by atoms with Crippen LogP contribution in [0.5, 0.6) is 0 Å². The van der Waals surface area contributed by atoms with E-state index in [9.17, 15) is 0 Å². The fourth-order valence-electron chi connectivity index (χ4n) is 0.734. The van der Waals surface area contributed by atoms with Crippen molar-refractivity contribution >= 4 is 34.6 Å². The molecule has 0 aromatic heterocycles. The minimum absolute atomic E-state index is 0.891. The summed E-state index contributed by atoms with van der Waals surface area (Å²) in [5.41, 5.74) is 1.23. The quantitative estimate of drug-likeness (QED) is 0.603. The summed E-state index contributed by atoms with van der Waals surface area (Å²) in [6.07, 6.45) is 0. The third-order valence-corrected chi connectivity index (χ3v) is 8.10. The first-order valence-electron chi connectivity index (χ1n) is 2.63. The predicted molar refractivity (Wildman–Crippen MR) is 51.9 cm³/mol. The van der Waals surface area contributed by atoms with E-state index in [-0.39, 0.29) is 0 Å². The van der Waals surface area contributed by atoms with E-state index in [2.05, 4.69) is 25.5 Å². The molecule has 2 heterocycles. The molecule has 0 bridgehead atoms. The van der Waals surface area contributed by atoms with Crippen LogP contribution in [0, 0.1) is 0 Å². The Kier molecular flexibility index (Phi) is 1.41. The van der Waals surface area contributed by atoms with Gasteiger partial charge in [-0.1, -0.05) is 0 Å². The first-order chi connectivity index (χ1) is 4.36. The van der Waals surface area contributed by atoms with Crippen LogP contribution in [0.25, 0.3) is 0 Å². The fraction of sp³-hybridized carbons (Fsp3) is 0.167. The van der Waals surface area contributed by atoms with E-state index < -0.39 is 19.8 Å². The van der Waals surface area contributed by atoms with E-state index in [4.69, 9.17) is 0 Å². The number of thioether (sulfide) groups is 1. The van der Waals surface area contributed by atoms with Gasteiger partial charge < -0.3 is 0 Å². The maximum absolute atomic E-state index is 4.40. The van der Waals surface area contributed by atoms with Gasteiger partial charge in [0.05, 0.1) is 0 Å². The Balaban J connectivity index is 2.37. The van der Waals surface area contributed by atoms with E-state index >= 15 is 0 Å². The SMILES string of the molecule is CC1=CI2C=CSC2=N1. The van der Waals surface area contributed by atoms with Crippen LogP contribution in [0.3, 0.4) is 0 Å². The third-order valence-electron chi connectivity index (χ3n) is 1.08. The van der Waals surface area contributed by atoms with Gasteiger partial charge in [0.2, 0.25) is 0 Å². The van der Waals surface area contributed by atoms with Gasteiger partial charge in [-0.15, -0.1) is 0 Å². The van der Waals surface area contributed by atoms with Crippen LogP contribution in [-0.4, -0.2) is 3.05 Å². The Hall–Kier alpha value is 0.230. The summed E-state index contributed by atoms with van der Waals surface area (Å²) < 4.78 is 6.08. The monoisotopic (exact) mass is 251 g/mol. The first kappa shape index (κ1) is 5.97. The van der Waals surface area contributed by atoms with Crippen molar-refractivity contribution in [2.45, 2.75) is 6.92 Å². The molecular weight excluding hydrogens is 245 g/mol. The molecule has 0 saturated carbocycles. The Labute approximate surface area is 65.7 Å². The molecule has 9 heavy (non-hydrogen) atoms. The van der Waals surface area contributed by atoms with Crippen molar-refractivity contribution in [2.24, 2.45) is 4.99 Å². The molecule has 0 amide bonds. The Bertz CT molecular complexity index is 229. The molecule has 0 unspecified atom stereocenters. The molecule has 0 atom stereocenters. The number of rotatable bonds is 0. The van der Waals surface area contributed by atoms with Crippen LogP contribution >= 0.6 is 31.6 Å². The van der Waals surface area contributed by atoms with Gasteiger partial charge in [-0.2, -0.15) is 0 Å². The summed E-state index contributed by atoms with van der Waals surface area (Å²) in [7, 11) is 0. The second kappa shape index (κ2) is 2.12. The summed E-state index contributed by atoms with van der Waals surface area (Å²) in [4.78, 5) is 4.40. The summed E-state index contributed by atoms with van der Waals surface area (Å²) in [6.45, 7) is 2.08. The molecule has 2 aliphatic rings. The van der Waals surface area contributed by atoms with Gasteiger partial charge in [0.15, 0.2) is 0 Å². The molecule has 0 saturated heterocycles. The van der Waals surface area contributed by atoms with Crippen molar-refractivity contribution < 1.29 is 0 Å². The van der Waals surface area contributed by atoms with Gasteiger partial charge in [0.1, 0.15) is 0 Å². The molecule has 1 nitrogen and oxygen atoms in total. The van der Waals surface area contributed by atoms with Crippen LogP contribution < -0.4 is 0 Å². The Morgan fingerprint density at radius 1 is 1.67 bits per heavy atom. The van der Waals surface area contributed by atoms with Crippen LogP contribution in [0.1, 0.15) is 6.92 Å². The summed E-state index contributed by atoms with van der Waals surface area (Å²) in [5.74, 6) is 0. The van der Waals surface area contributed by atoms with E-state index in [0.29, 0.717) is 0 Å². The zero-order chi connectivity index (χ0) is 6.27. The van der Waals surface area contributed by atoms with Crippen molar-refractivity contribution in [2.75, 3.05) is 0 Å². The van der Waals surface area contributed by atoms with Crippen LogP contribution in [0.2, 0.25) is 0 Å². The van der Waals surface area contributed by atoms with Crippen molar-refractivity contribution in [3.05, 3.63) is 19.3 Å². The van der Waals surface area contributed by atoms with E-state index in [1.54, 1.807) is 11.8 Å². The van der Waals surface area contributed by atoms with Gasteiger partial charge >= 0.3 is 65.8 Å². The van der Waals surface area contributed by atoms with Crippen molar-refractivity contribution in [3.8, 4) is 0 Å². The summed E-state index contributed by atoms with van der Waals surface area (Å²) in [6, 6.07) is 0. The number of hydrogen-bond acceptors (Lipinski definition) is 2. The van der Waals surface area contributed by atoms with Crippen LogP contribution in [-0.2, 0) is 0 Å². The molecule has 0 aromatic carbocycles. The topological polar surface area (TPSA) is 12.4 Å². The average molecular weight is 251 g/mol. The molecule has 48 valence electrons. The maximum atomic E-state index is 4.40. The zero-order valence-electron chi connectivity index (χ0n) is 4.97. The number of halogens is 1. The van der Waals surface area contributed by atoms with E-state index in [0.717, 1.165) is 0 Å². The zero-order valence-corrected chi connectivity index (χ0v) is 7.94. The standard InChI is InChI=1S/C6H6INS/c1-5-4-7-2-3-9-6(7)8-5/h2-4H,1H3. The molecular formula is C6H6INS. The van der Waals surface area contributed by atoms with Crippen molar-refractivity contribution in [3.63, 3.8) is 0 Å². The molecule has 0 radical (unpaired) electrons. The summed E-state index contributed by atoms with van der Waals surface area (Å²) >= 11 is 0.912. The van der Waals surface area contributed by atoms with Gasteiger partial charge in [0, 0.05) is 0 Å². The molecule has 0 aliphatic carbocycles. The normalized spacial score (nSPS) is 26.1. The predicted octanol–water partition coefficient (Wildman–Crippen LogP) is 2.94. The van der Waals surface area contributed by atoms with Gasteiger partial charge in [-0.05, 0) is 0 Å². The Morgan fingerprint density at radius 2 is 2.56 bits per heavy atom. The van der Waals surface area contributed by atoms with E-state index in [1.165, 1.54) is 8.75 Å². The number of allylic oxidation sites excluding steroid dienone is 1. The Morgan fingerprint density at radius 3 is 3.33 bits per heavy atom. The minimum atomic E-state index is -0.891. The fourth-order valence-corrected chi connectivity index (χ4v) is 7.21. The first-order valence-corrected chi connectivity index (χ1v) is 7.08. The number of aliphatic imine (C=N–C) groups is 1. The summed E-state index contributed by atoms with van der Waals surface area (Å²) in [5, 5.41) is 2.17. The molecule has 3 heteroatoms. The van der Waals surface area contributed by atoms with Gasteiger partial charge in [-0.3, -0.25) is 0 Å². The second-order valence-corrected chi connectivity index (χ2v) is 7.79. The van der Waals surface area contributed by atoms with Gasteiger partial charge in [0.25, 0.3) is 0 Å². The molecule has 2 aliphatic heterocycles. The number of fused-ring (bicyclic) bond motifs is 1. The molecule has 0 fully saturated rings. The third kappa shape index (κ3) is 0.961. The van der Waals surface area contributed by atoms with Crippen molar-refractivity contribution in [1.29, 1.82) is 0 Å². The van der Waals surface area contributed by atoms with Crippen molar-refractivity contribution in [1.82, 2.24) is 0 Å². The van der Waals surface area contributed by atoms with Crippen LogP contribution in [0.4, 0.5) is 0 Å². The van der Waals surface area contributed by atoms with E-state index in [1.807, 2.05) is 0 Å². The number of nitrogens with zero attached hydrogens (tertiary/aromatic N) is 1. The second-order valence-electron chi connectivity index (χ2n) is 1.84. The molecule has 0 N–H and O–H groups in total. The number of hydrogen-bond donors (Lipinski definition) is 0. The molecule has 2 rings (SSSR count). The van der Waals surface area contributed by atoms with Gasteiger partial charge in [-0.25, -0.2) is 0 Å². The van der Waals surface area contributed by atoms with Crippen LogP contribution in [0.15, 0.2) is 24.3 Å². The average Bonchev–Trinajstić information content (AvgIpc) is 2.22.